The quantitative estimate of drug-likeness (QED) is 0.850. The largest absolute Gasteiger partial charge is 0.416 e. The summed E-state index contributed by atoms with van der Waals surface area (Å²) in [4.78, 5) is 0. The third kappa shape index (κ3) is 4.66. The molecule has 1 atom stereocenters. The molecule has 0 saturated heterocycles. The van der Waals surface area contributed by atoms with Gasteiger partial charge in [0, 0.05) is 13.2 Å². The molecular weight excluding hydrogens is 243 g/mol. The molecule has 5 heteroatoms. The molecular formula is C13H18F3NO. The van der Waals surface area contributed by atoms with Crippen LogP contribution in [0.25, 0.3) is 0 Å². The molecule has 0 aliphatic rings. The molecule has 0 amide bonds. The number of ether oxygens (including phenoxy) is 1. The van der Waals surface area contributed by atoms with Crippen molar-refractivity contribution in [1.82, 2.24) is 5.32 Å². The molecule has 0 saturated carbocycles. The number of aryl methyl sites for hydroxylation is 1. The first-order valence-electron chi connectivity index (χ1n) is 5.79. The summed E-state index contributed by atoms with van der Waals surface area (Å²) in [5.74, 6) is 0. The van der Waals surface area contributed by atoms with Gasteiger partial charge in [0.1, 0.15) is 0 Å². The maximum atomic E-state index is 12.5. The van der Waals surface area contributed by atoms with E-state index in [1.165, 1.54) is 12.1 Å². The zero-order chi connectivity index (χ0) is 13.6. The van der Waals surface area contributed by atoms with Crippen molar-refractivity contribution in [2.45, 2.75) is 25.1 Å². The van der Waals surface area contributed by atoms with E-state index in [0.29, 0.717) is 18.6 Å². The van der Waals surface area contributed by atoms with Crippen LogP contribution in [0.1, 0.15) is 17.5 Å². The van der Waals surface area contributed by atoms with Crippen molar-refractivity contribution < 1.29 is 17.9 Å². The van der Waals surface area contributed by atoms with Gasteiger partial charge >= 0.3 is 6.18 Å². The average Bonchev–Trinajstić information content (AvgIpc) is 2.34. The summed E-state index contributed by atoms with van der Waals surface area (Å²) in [6.07, 6.45) is -2.94. The highest BCUT2D eigenvalue weighted by Crippen LogP contribution is 2.29. The van der Waals surface area contributed by atoms with Crippen LogP contribution in [0.5, 0.6) is 0 Å². The van der Waals surface area contributed by atoms with Gasteiger partial charge in [-0.25, -0.2) is 0 Å². The maximum absolute atomic E-state index is 12.5. The molecule has 1 N–H and O–H groups in total. The lowest BCUT2D eigenvalue weighted by molar-refractivity contribution is -0.137. The lowest BCUT2D eigenvalue weighted by atomic mass is 10.0. The van der Waals surface area contributed by atoms with Crippen LogP contribution in [0.4, 0.5) is 13.2 Å². The third-order valence-electron chi connectivity index (χ3n) is 2.81. The number of methoxy groups -OCH3 is 1. The van der Waals surface area contributed by atoms with E-state index in [4.69, 9.17) is 4.74 Å². The number of hydrogen-bond donors (Lipinski definition) is 1. The van der Waals surface area contributed by atoms with Gasteiger partial charge in [-0.05, 0) is 31.5 Å². The number of rotatable bonds is 6. The second-order valence-electron chi connectivity index (χ2n) is 4.18. The van der Waals surface area contributed by atoms with Gasteiger partial charge in [0.25, 0.3) is 0 Å². The first kappa shape index (κ1) is 15.0. The second kappa shape index (κ2) is 6.75. The van der Waals surface area contributed by atoms with Crippen LogP contribution in [0.2, 0.25) is 0 Å². The molecule has 0 fully saturated rings. The lowest BCUT2D eigenvalue weighted by Crippen LogP contribution is -2.30. The van der Waals surface area contributed by atoms with Crippen LogP contribution in [0.3, 0.4) is 0 Å². The summed E-state index contributed by atoms with van der Waals surface area (Å²) in [6, 6.07) is 5.62. The Morgan fingerprint density at radius 3 is 2.61 bits per heavy atom. The van der Waals surface area contributed by atoms with Crippen LogP contribution < -0.4 is 5.32 Å². The van der Waals surface area contributed by atoms with E-state index < -0.39 is 11.7 Å². The highest BCUT2D eigenvalue weighted by Gasteiger charge is 2.30. The molecule has 0 spiro atoms. The molecule has 0 radical (unpaired) electrons. The van der Waals surface area contributed by atoms with Gasteiger partial charge in [-0.3, -0.25) is 0 Å². The Morgan fingerprint density at radius 1 is 1.33 bits per heavy atom. The molecule has 0 aromatic heterocycles. The first-order valence-corrected chi connectivity index (χ1v) is 5.79. The first-order chi connectivity index (χ1) is 8.47. The Morgan fingerprint density at radius 2 is 2.06 bits per heavy atom. The van der Waals surface area contributed by atoms with Crippen LogP contribution in [-0.2, 0) is 17.3 Å². The summed E-state index contributed by atoms with van der Waals surface area (Å²) < 4.78 is 42.6. The highest BCUT2D eigenvalue weighted by molar-refractivity contribution is 5.25. The summed E-state index contributed by atoms with van der Waals surface area (Å²) in [5, 5.41) is 3.07. The van der Waals surface area contributed by atoms with E-state index in [0.717, 1.165) is 12.5 Å². The van der Waals surface area contributed by atoms with Crippen molar-refractivity contribution in [2.75, 3.05) is 20.8 Å². The number of alkyl halides is 3. The van der Waals surface area contributed by atoms with Crippen molar-refractivity contribution in [2.24, 2.45) is 0 Å². The van der Waals surface area contributed by atoms with Crippen molar-refractivity contribution in [3.05, 3.63) is 35.4 Å². The summed E-state index contributed by atoms with van der Waals surface area (Å²) in [6.45, 7) is 0.551. The predicted molar refractivity (Wildman–Crippen MR) is 64.5 cm³/mol. The van der Waals surface area contributed by atoms with Gasteiger partial charge < -0.3 is 10.1 Å². The molecule has 2 nitrogen and oxygen atoms in total. The number of nitrogens with one attached hydrogen (secondary N) is 1. The van der Waals surface area contributed by atoms with Gasteiger partial charge in [0.2, 0.25) is 0 Å². The van der Waals surface area contributed by atoms with Gasteiger partial charge in [0.15, 0.2) is 0 Å². The molecule has 1 aromatic rings. The zero-order valence-corrected chi connectivity index (χ0v) is 10.6. The zero-order valence-electron chi connectivity index (χ0n) is 10.6. The smallest absolute Gasteiger partial charge is 0.383 e. The van der Waals surface area contributed by atoms with Crippen LogP contribution in [0, 0.1) is 0 Å². The Labute approximate surface area is 105 Å². The fourth-order valence-electron chi connectivity index (χ4n) is 1.76. The Kier molecular flexibility index (Phi) is 5.62. The fraction of sp³-hybridized carbons (Fsp3) is 0.538. The summed E-state index contributed by atoms with van der Waals surface area (Å²) in [7, 11) is 3.42. The fourth-order valence-corrected chi connectivity index (χ4v) is 1.76. The van der Waals surface area contributed by atoms with E-state index >= 15 is 0 Å². The van der Waals surface area contributed by atoms with Crippen LogP contribution >= 0.6 is 0 Å². The van der Waals surface area contributed by atoms with E-state index in [2.05, 4.69) is 5.32 Å². The molecule has 1 aromatic carbocycles. The minimum Gasteiger partial charge on any atom is -0.383 e. The summed E-state index contributed by atoms with van der Waals surface area (Å²) in [5.41, 5.74) is 0.105. The standard InChI is InChI=1S/C13H18F3NO/c1-17-12(9-18-2)7-6-10-4-3-5-11(8-10)13(14,15)16/h3-5,8,12,17H,6-7,9H2,1-2H3. The summed E-state index contributed by atoms with van der Waals surface area (Å²) >= 11 is 0. The Balaban J connectivity index is 2.62. The van der Waals surface area contributed by atoms with Crippen molar-refractivity contribution in [1.29, 1.82) is 0 Å². The van der Waals surface area contributed by atoms with Crippen LogP contribution in [-0.4, -0.2) is 26.8 Å². The average molecular weight is 261 g/mol. The van der Waals surface area contributed by atoms with Gasteiger partial charge in [-0.15, -0.1) is 0 Å². The molecule has 102 valence electrons. The number of hydrogen-bond acceptors (Lipinski definition) is 2. The van der Waals surface area contributed by atoms with Crippen molar-refractivity contribution >= 4 is 0 Å². The molecule has 1 rings (SSSR count). The number of benzene rings is 1. The minimum absolute atomic E-state index is 0.157. The Bertz CT molecular complexity index is 365. The normalized spacial score (nSPS) is 13.6. The predicted octanol–water partition coefficient (Wildman–Crippen LogP) is 2.87. The van der Waals surface area contributed by atoms with Crippen LogP contribution in [0.15, 0.2) is 24.3 Å². The molecule has 0 aliphatic heterocycles. The second-order valence-corrected chi connectivity index (χ2v) is 4.18. The third-order valence-corrected chi connectivity index (χ3v) is 2.81. The van der Waals surface area contributed by atoms with E-state index in [1.54, 1.807) is 13.2 Å². The minimum atomic E-state index is -4.27. The van der Waals surface area contributed by atoms with E-state index in [9.17, 15) is 13.2 Å². The van der Waals surface area contributed by atoms with E-state index in [1.807, 2.05) is 7.05 Å². The maximum Gasteiger partial charge on any atom is 0.416 e. The monoisotopic (exact) mass is 261 g/mol. The number of likely N-dealkylation sites (N-methyl/N-ethyl adjacent to an activating group) is 1. The SMILES string of the molecule is CNC(CCc1cccc(C(F)(F)F)c1)COC. The lowest BCUT2D eigenvalue weighted by Gasteiger charge is -2.15. The van der Waals surface area contributed by atoms with Gasteiger partial charge in [-0.1, -0.05) is 18.2 Å². The van der Waals surface area contributed by atoms with Crippen molar-refractivity contribution in [3.63, 3.8) is 0 Å². The highest BCUT2D eigenvalue weighted by atomic mass is 19.4. The molecule has 1 unspecified atom stereocenters. The molecule has 18 heavy (non-hydrogen) atoms. The topological polar surface area (TPSA) is 21.3 Å². The van der Waals surface area contributed by atoms with Gasteiger partial charge in [-0.2, -0.15) is 13.2 Å². The molecule has 0 bridgehead atoms. The molecule has 0 aliphatic carbocycles. The Hall–Kier alpha value is -1.07. The number of halogens is 3. The van der Waals surface area contributed by atoms with Gasteiger partial charge in [0.05, 0.1) is 12.2 Å². The van der Waals surface area contributed by atoms with Crippen molar-refractivity contribution in [3.8, 4) is 0 Å². The molecule has 0 heterocycles. The van der Waals surface area contributed by atoms with E-state index in [-0.39, 0.29) is 6.04 Å².